The summed E-state index contributed by atoms with van der Waals surface area (Å²) in [5.41, 5.74) is 1.63. The van der Waals surface area contributed by atoms with E-state index in [1.807, 2.05) is 5.38 Å². The van der Waals surface area contributed by atoms with Gasteiger partial charge in [0, 0.05) is 24.1 Å². The smallest absolute Gasteiger partial charge is 0.259 e. The fourth-order valence-corrected chi connectivity index (χ4v) is 3.30. The van der Waals surface area contributed by atoms with E-state index in [0.717, 1.165) is 17.7 Å². The van der Waals surface area contributed by atoms with Crippen LogP contribution in [0.2, 0.25) is 0 Å². The number of thiophene rings is 1. The van der Waals surface area contributed by atoms with Crippen LogP contribution in [0.4, 0.5) is 11.4 Å². The normalized spacial score (nSPS) is 13.4. The number of nitrogens with one attached hydrogen (secondary N) is 2. The molecular weight excluding hydrogens is 352 g/mol. The van der Waals surface area contributed by atoms with Gasteiger partial charge in [0.25, 0.3) is 11.8 Å². The second-order valence-electron chi connectivity index (χ2n) is 6.10. The largest absolute Gasteiger partial charge is 0.420 e. The van der Waals surface area contributed by atoms with Crippen molar-refractivity contribution >= 4 is 34.5 Å². The molecule has 4 rings (SSSR count). The van der Waals surface area contributed by atoms with Crippen LogP contribution in [-0.2, 0) is 4.79 Å². The Kier molecular flexibility index (Phi) is 4.26. The van der Waals surface area contributed by atoms with Gasteiger partial charge >= 0.3 is 0 Å². The van der Waals surface area contributed by atoms with E-state index in [1.165, 1.54) is 18.3 Å². The number of rotatable bonds is 5. The number of amides is 2. The second kappa shape index (κ2) is 6.72. The van der Waals surface area contributed by atoms with E-state index in [9.17, 15) is 9.59 Å². The van der Waals surface area contributed by atoms with Crippen LogP contribution in [0.25, 0.3) is 10.8 Å². The molecule has 1 fully saturated rings. The van der Waals surface area contributed by atoms with Crippen LogP contribution in [0.5, 0.6) is 0 Å². The number of hydrogen-bond acceptors (Lipinski definition) is 6. The highest BCUT2D eigenvalue weighted by Crippen LogP contribution is 2.41. The Balaban J connectivity index is 1.53. The molecule has 2 N–H and O–H groups in total. The zero-order valence-corrected chi connectivity index (χ0v) is 14.8. The van der Waals surface area contributed by atoms with Crippen molar-refractivity contribution in [2.24, 2.45) is 0 Å². The maximum absolute atomic E-state index is 12.6. The number of carbonyl (C=O) groups excluding carboxylic acids is 2. The number of carbonyl (C=O) groups is 2. The molecule has 1 aromatic carbocycles. The van der Waals surface area contributed by atoms with Crippen LogP contribution in [0.15, 0.2) is 40.1 Å². The third kappa shape index (κ3) is 3.50. The fourth-order valence-electron chi connectivity index (χ4n) is 2.53. The maximum Gasteiger partial charge on any atom is 0.259 e. The molecule has 3 aromatic rings. The van der Waals surface area contributed by atoms with Gasteiger partial charge in [-0.2, -0.15) is 0 Å². The average molecular weight is 368 g/mol. The first-order valence-corrected chi connectivity index (χ1v) is 9.08. The van der Waals surface area contributed by atoms with Crippen molar-refractivity contribution in [1.82, 2.24) is 10.2 Å². The molecule has 26 heavy (non-hydrogen) atoms. The first-order chi connectivity index (χ1) is 12.6. The van der Waals surface area contributed by atoms with E-state index in [-0.39, 0.29) is 11.8 Å². The Morgan fingerprint density at radius 2 is 2.04 bits per heavy atom. The highest BCUT2D eigenvalue weighted by molar-refractivity contribution is 7.14. The number of benzene rings is 1. The zero-order chi connectivity index (χ0) is 18.1. The van der Waals surface area contributed by atoms with E-state index in [1.54, 1.807) is 30.3 Å². The van der Waals surface area contributed by atoms with Gasteiger partial charge in [-0.25, -0.2) is 0 Å². The van der Waals surface area contributed by atoms with Gasteiger partial charge in [-0.1, -0.05) is 6.07 Å². The molecule has 8 heteroatoms. The molecule has 2 amide bonds. The lowest BCUT2D eigenvalue weighted by Gasteiger charge is -2.07. The Morgan fingerprint density at radius 3 is 2.81 bits per heavy atom. The van der Waals surface area contributed by atoms with Gasteiger partial charge in [0.05, 0.1) is 5.69 Å². The summed E-state index contributed by atoms with van der Waals surface area (Å²) in [6.45, 7) is 1.42. The van der Waals surface area contributed by atoms with Gasteiger partial charge in [-0.3, -0.25) is 9.59 Å². The van der Waals surface area contributed by atoms with Crippen LogP contribution < -0.4 is 10.6 Å². The van der Waals surface area contributed by atoms with Crippen molar-refractivity contribution < 1.29 is 14.0 Å². The number of nitrogens with zero attached hydrogens (tertiary/aromatic N) is 2. The zero-order valence-electron chi connectivity index (χ0n) is 14.0. The molecule has 0 spiro atoms. The first kappa shape index (κ1) is 16.5. The standard InChI is InChI=1S/C18H16N4O3S/c1-10(23)19-13-4-2-3-12(9-13)16(24)20-14-7-8-26-15(14)18-22-21-17(25-18)11-5-6-11/h2-4,7-9,11H,5-6H2,1H3,(H,19,23)(H,20,24). The van der Waals surface area contributed by atoms with Crippen LogP contribution in [0, 0.1) is 0 Å². The molecule has 1 aliphatic carbocycles. The van der Waals surface area contributed by atoms with Crippen molar-refractivity contribution in [3.05, 3.63) is 47.2 Å². The molecular formula is C18H16N4O3S. The minimum Gasteiger partial charge on any atom is -0.420 e. The summed E-state index contributed by atoms with van der Waals surface area (Å²) in [6, 6.07) is 8.56. The fraction of sp³-hybridized carbons (Fsp3) is 0.222. The number of aromatic nitrogens is 2. The number of anilines is 2. The summed E-state index contributed by atoms with van der Waals surface area (Å²) < 4.78 is 5.73. The quantitative estimate of drug-likeness (QED) is 0.712. The average Bonchev–Trinajstić information content (AvgIpc) is 3.16. The Hall–Kier alpha value is -3.00. The Labute approximate surface area is 153 Å². The lowest BCUT2D eigenvalue weighted by molar-refractivity contribution is -0.114. The summed E-state index contributed by atoms with van der Waals surface area (Å²) in [6.07, 6.45) is 2.17. The van der Waals surface area contributed by atoms with Gasteiger partial charge in [0.2, 0.25) is 11.8 Å². The van der Waals surface area contributed by atoms with Crippen molar-refractivity contribution in [2.75, 3.05) is 10.6 Å². The molecule has 1 saturated carbocycles. The summed E-state index contributed by atoms with van der Waals surface area (Å²) in [7, 11) is 0. The topological polar surface area (TPSA) is 97.1 Å². The van der Waals surface area contributed by atoms with Crippen LogP contribution in [-0.4, -0.2) is 22.0 Å². The minimum absolute atomic E-state index is 0.189. The molecule has 132 valence electrons. The summed E-state index contributed by atoms with van der Waals surface area (Å²) >= 11 is 1.43. The molecule has 0 bridgehead atoms. The van der Waals surface area contributed by atoms with Gasteiger partial charge in [0.15, 0.2) is 0 Å². The minimum atomic E-state index is -0.279. The molecule has 0 saturated heterocycles. The first-order valence-electron chi connectivity index (χ1n) is 8.20. The molecule has 1 aliphatic rings. The predicted molar refractivity (Wildman–Crippen MR) is 98.3 cm³/mol. The van der Waals surface area contributed by atoms with E-state index in [2.05, 4.69) is 20.8 Å². The predicted octanol–water partition coefficient (Wildman–Crippen LogP) is 3.89. The van der Waals surface area contributed by atoms with Crippen molar-refractivity contribution in [2.45, 2.75) is 25.7 Å². The van der Waals surface area contributed by atoms with Gasteiger partial charge in [-0.05, 0) is 42.5 Å². The van der Waals surface area contributed by atoms with Crippen LogP contribution >= 0.6 is 11.3 Å². The number of hydrogen-bond donors (Lipinski definition) is 2. The van der Waals surface area contributed by atoms with E-state index < -0.39 is 0 Å². The van der Waals surface area contributed by atoms with E-state index in [4.69, 9.17) is 4.42 Å². The monoisotopic (exact) mass is 368 g/mol. The Bertz CT molecular complexity index is 974. The van der Waals surface area contributed by atoms with Gasteiger partial charge < -0.3 is 15.1 Å². The molecule has 7 nitrogen and oxygen atoms in total. The van der Waals surface area contributed by atoms with Crippen LogP contribution in [0.3, 0.4) is 0 Å². The van der Waals surface area contributed by atoms with Crippen molar-refractivity contribution in [3.63, 3.8) is 0 Å². The summed E-state index contributed by atoms with van der Waals surface area (Å²) in [5, 5.41) is 15.6. The third-order valence-electron chi connectivity index (χ3n) is 3.92. The second-order valence-corrected chi connectivity index (χ2v) is 7.02. The maximum atomic E-state index is 12.6. The summed E-state index contributed by atoms with van der Waals surface area (Å²) in [5.74, 6) is 0.993. The third-order valence-corrected chi connectivity index (χ3v) is 4.82. The molecule has 2 aromatic heterocycles. The Morgan fingerprint density at radius 1 is 1.19 bits per heavy atom. The van der Waals surface area contributed by atoms with Crippen LogP contribution in [0.1, 0.15) is 41.9 Å². The molecule has 2 heterocycles. The molecule has 0 radical (unpaired) electrons. The highest BCUT2D eigenvalue weighted by atomic mass is 32.1. The lowest BCUT2D eigenvalue weighted by atomic mass is 10.2. The lowest BCUT2D eigenvalue weighted by Crippen LogP contribution is -2.13. The van der Waals surface area contributed by atoms with Gasteiger partial charge in [-0.15, -0.1) is 21.5 Å². The summed E-state index contributed by atoms with van der Waals surface area (Å²) in [4.78, 5) is 24.5. The van der Waals surface area contributed by atoms with E-state index >= 15 is 0 Å². The highest BCUT2D eigenvalue weighted by Gasteiger charge is 2.30. The molecule has 0 aliphatic heterocycles. The molecule has 0 atom stereocenters. The molecule has 0 unspecified atom stereocenters. The van der Waals surface area contributed by atoms with Crippen molar-refractivity contribution in [1.29, 1.82) is 0 Å². The SMILES string of the molecule is CC(=O)Nc1cccc(C(=O)Nc2ccsc2-c2nnc(C3CC3)o2)c1. The van der Waals surface area contributed by atoms with E-state index in [0.29, 0.717) is 34.6 Å². The van der Waals surface area contributed by atoms with Gasteiger partial charge in [0.1, 0.15) is 4.88 Å². The van der Waals surface area contributed by atoms with Crippen molar-refractivity contribution in [3.8, 4) is 10.8 Å².